The number of carbonyl (C=O) groups is 1. The highest BCUT2D eigenvalue weighted by Crippen LogP contribution is 2.28. The average molecular weight is 284 g/mol. The van der Waals surface area contributed by atoms with Crippen molar-refractivity contribution in [2.24, 2.45) is 13.0 Å². The smallest absolute Gasteiger partial charge is 0.339 e. The third-order valence-corrected chi connectivity index (χ3v) is 5.56. The first-order valence-corrected chi connectivity index (χ1v) is 7.98. The molecular weight excluding hydrogens is 264 g/mol. The molecule has 5 nitrogen and oxygen atoms in total. The molecular formula is C13H20N2O3S. The molecule has 106 valence electrons. The van der Waals surface area contributed by atoms with Gasteiger partial charge in [-0.05, 0) is 18.8 Å². The Bertz CT molecular complexity index is 498. The summed E-state index contributed by atoms with van der Waals surface area (Å²) in [6.07, 6.45) is 5.62. The van der Waals surface area contributed by atoms with Crippen molar-refractivity contribution in [2.45, 2.75) is 43.6 Å². The molecule has 1 saturated carbocycles. The van der Waals surface area contributed by atoms with Crippen LogP contribution < -0.4 is 0 Å². The van der Waals surface area contributed by atoms with Gasteiger partial charge in [-0.3, -0.25) is 8.89 Å². The Balaban J connectivity index is 2.10. The first-order valence-electron chi connectivity index (χ1n) is 6.60. The molecule has 0 amide bonds. The Morgan fingerprint density at radius 3 is 2.95 bits per heavy atom. The Kier molecular flexibility index (Phi) is 4.39. The quantitative estimate of drug-likeness (QED) is 0.917. The summed E-state index contributed by atoms with van der Waals surface area (Å²) in [5, 5.41) is 13.2. The van der Waals surface area contributed by atoms with Gasteiger partial charge in [-0.25, -0.2) is 4.79 Å². The summed E-state index contributed by atoms with van der Waals surface area (Å²) < 4.78 is 13.9. The van der Waals surface area contributed by atoms with Crippen LogP contribution in [0.4, 0.5) is 0 Å². The number of carboxylic acid groups (broad SMARTS) is 1. The Morgan fingerprint density at radius 1 is 1.58 bits per heavy atom. The zero-order valence-corrected chi connectivity index (χ0v) is 12.2. The van der Waals surface area contributed by atoms with E-state index in [0.717, 1.165) is 19.3 Å². The van der Waals surface area contributed by atoms with Crippen molar-refractivity contribution in [2.75, 3.05) is 0 Å². The van der Waals surface area contributed by atoms with Crippen LogP contribution in [0.5, 0.6) is 0 Å². The lowest BCUT2D eigenvalue weighted by molar-refractivity contribution is 0.0696. The molecule has 1 N–H and O–H groups in total. The molecule has 0 saturated heterocycles. The first kappa shape index (κ1) is 14.2. The van der Waals surface area contributed by atoms with E-state index in [1.54, 1.807) is 7.05 Å². The van der Waals surface area contributed by atoms with E-state index >= 15 is 0 Å². The van der Waals surface area contributed by atoms with Crippen molar-refractivity contribution in [1.82, 2.24) is 9.78 Å². The van der Waals surface area contributed by atoms with Gasteiger partial charge in [0.15, 0.2) is 0 Å². The summed E-state index contributed by atoms with van der Waals surface area (Å²) in [5.74, 6) is -0.0968. The van der Waals surface area contributed by atoms with Gasteiger partial charge >= 0.3 is 5.97 Å². The molecule has 3 atom stereocenters. The van der Waals surface area contributed by atoms with Gasteiger partial charge in [0.2, 0.25) is 0 Å². The SMILES string of the molecule is CC1CCCC(S(=O)Cc2c(C(=O)O)cnn2C)C1. The fourth-order valence-corrected chi connectivity index (χ4v) is 4.50. The molecule has 1 heterocycles. The topological polar surface area (TPSA) is 72.2 Å². The lowest BCUT2D eigenvalue weighted by atomic mass is 9.91. The maximum absolute atomic E-state index is 12.4. The van der Waals surface area contributed by atoms with Crippen LogP contribution >= 0.6 is 0 Å². The van der Waals surface area contributed by atoms with Gasteiger partial charge in [-0.15, -0.1) is 0 Å². The van der Waals surface area contributed by atoms with Crippen LogP contribution in [0.2, 0.25) is 0 Å². The second-order valence-corrected chi connectivity index (χ2v) is 7.07. The molecule has 0 bridgehead atoms. The number of aromatic nitrogens is 2. The van der Waals surface area contributed by atoms with Crippen LogP contribution in [0.25, 0.3) is 0 Å². The highest BCUT2D eigenvalue weighted by atomic mass is 32.2. The molecule has 3 unspecified atom stereocenters. The van der Waals surface area contributed by atoms with Crippen molar-refractivity contribution in [3.05, 3.63) is 17.5 Å². The minimum atomic E-state index is -1.02. The Hall–Kier alpha value is -1.17. The number of hydrogen-bond donors (Lipinski definition) is 1. The number of carboxylic acids is 1. The zero-order chi connectivity index (χ0) is 14.0. The van der Waals surface area contributed by atoms with Crippen molar-refractivity contribution in [3.63, 3.8) is 0 Å². The van der Waals surface area contributed by atoms with Crippen LogP contribution in [0.15, 0.2) is 6.20 Å². The highest BCUT2D eigenvalue weighted by molar-refractivity contribution is 7.84. The predicted molar refractivity (Wildman–Crippen MR) is 73.4 cm³/mol. The molecule has 1 aliphatic rings. The van der Waals surface area contributed by atoms with Gasteiger partial charge in [0.25, 0.3) is 0 Å². The van der Waals surface area contributed by atoms with Gasteiger partial charge in [0.1, 0.15) is 5.56 Å². The fourth-order valence-electron chi connectivity index (χ4n) is 2.68. The molecule has 0 spiro atoms. The first-order chi connectivity index (χ1) is 8.99. The molecule has 19 heavy (non-hydrogen) atoms. The third-order valence-electron chi connectivity index (χ3n) is 3.83. The highest BCUT2D eigenvalue weighted by Gasteiger charge is 2.26. The average Bonchev–Trinajstić information content (AvgIpc) is 2.71. The number of hydrogen-bond acceptors (Lipinski definition) is 3. The van der Waals surface area contributed by atoms with Crippen LogP contribution in [0, 0.1) is 5.92 Å². The predicted octanol–water partition coefficient (Wildman–Crippen LogP) is 1.95. The van der Waals surface area contributed by atoms with Crippen molar-refractivity contribution < 1.29 is 14.1 Å². The molecule has 2 rings (SSSR count). The molecule has 0 aromatic carbocycles. The molecule has 1 aromatic heterocycles. The molecule has 1 aliphatic carbocycles. The van der Waals surface area contributed by atoms with E-state index in [9.17, 15) is 9.00 Å². The van der Waals surface area contributed by atoms with Gasteiger partial charge < -0.3 is 5.11 Å². The molecule has 0 aliphatic heterocycles. The lowest BCUT2D eigenvalue weighted by Crippen LogP contribution is -2.25. The van der Waals surface area contributed by atoms with Crippen LogP contribution in [-0.2, 0) is 23.6 Å². The van der Waals surface area contributed by atoms with Crippen molar-refractivity contribution in [1.29, 1.82) is 0 Å². The fraction of sp³-hybridized carbons (Fsp3) is 0.692. The van der Waals surface area contributed by atoms with E-state index in [0.29, 0.717) is 11.6 Å². The third kappa shape index (κ3) is 3.23. The summed E-state index contributed by atoms with van der Waals surface area (Å²) in [7, 11) is 0.679. The second kappa shape index (κ2) is 5.86. The maximum Gasteiger partial charge on any atom is 0.339 e. The summed E-state index contributed by atoms with van der Waals surface area (Å²) in [4.78, 5) is 11.1. The molecule has 1 aromatic rings. The van der Waals surface area contributed by atoms with Crippen LogP contribution in [-0.4, -0.2) is 30.3 Å². The summed E-state index contributed by atoms with van der Waals surface area (Å²) >= 11 is 0. The normalized spacial score (nSPS) is 25.2. The molecule has 0 radical (unpaired) electrons. The van der Waals surface area contributed by atoms with Crippen LogP contribution in [0.1, 0.15) is 48.7 Å². The molecule has 6 heteroatoms. The van der Waals surface area contributed by atoms with Gasteiger partial charge in [-0.1, -0.05) is 19.8 Å². The largest absolute Gasteiger partial charge is 0.478 e. The summed E-state index contributed by atoms with van der Waals surface area (Å²) in [6, 6.07) is 0. The Labute approximate surface area is 115 Å². The van der Waals surface area contributed by atoms with Crippen LogP contribution in [0.3, 0.4) is 0 Å². The molecule has 1 fully saturated rings. The minimum Gasteiger partial charge on any atom is -0.478 e. The lowest BCUT2D eigenvalue weighted by Gasteiger charge is -2.26. The summed E-state index contributed by atoms with van der Waals surface area (Å²) in [5.41, 5.74) is 0.726. The van der Waals surface area contributed by atoms with Crippen molar-refractivity contribution >= 4 is 16.8 Å². The number of aryl methyl sites for hydroxylation is 1. The monoisotopic (exact) mass is 284 g/mol. The van der Waals surface area contributed by atoms with E-state index in [-0.39, 0.29) is 16.6 Å². The number of rotatable bonds is 4. The van der Waals surface area contributed by atoms with Gasteiger partial charge in [0.05, 0.1) is 17.6 Å². The van der Waals surface area contributed by atoms with Gasteiger partial charge in [-0.2, -0.15) is 5.10 Å². The van der Waals surface area contributed by atoms with Gasteiger partial charge in [0, 0.05) is 23.1 Å². The maximum atomic E-state index is 12.4. The number of nitrogens with zero attached hydrogens (tertiary/aromatic N) is 2. The van der Waals surface area contributed by atoms with E-state index in [1.807, 2.05) is 0 Å². The number of aromatic carboxylic acids is 1. The Morgan fingerprint density at radius 2 is 2.32 bits per heavy atom. The standard InChI is InChI=1S/C13H20N2O3S/c1-9-4-3-5-10(6-9)19(18)8-12-11(13(16)17)7-14-15(12)2/h7,9-10H,3-6,8H2,1-2H3,(H,16,17). The minimum absolute atomic E-state index is 0.166. The summed E-state index contributed by atoms with van der Waals surface area (Å²) in [6.45, 7) is 2.19. The van der Waals surface area contributed by atoms with Crippen molar-refractivity contribution in [3.8, 4) is 0 Å². The second-order valence-electron chi connectivity index (χ2n) is 5.35. The van der Waals surface area contributed by atoms with E-state index in [2.05, 4.69) is 12.0 Å². The van der Waals surface area contributed by atoms with E-state index in [4.69, 9.17) is 5.11 Å². The van der Waals surface area contributed by atoms with E-state index in [1.165, 1.54) is 17.3 Å². The zero-order valence-electron chi connectivity index (χ0n) is 11.3. The van der Waals surface area contributed by atoms with E-state index < -0.39 is 16.8 Å².